The minimum atomic E-state index is 0. The Hall–Kier alpha value is -0.820. The molecule has 1 saturated heterocycles. The number of hydrogen-bond donors (Lipinski definition) is 2. The van der Waals surface area contributed by atoms with Crippen molar-refractivity contribution < 1.29 is 4.74 Å². The highest BCUT2D eigenvalue weighted by Gasteiger charge is 2.66. The second-order valence-corrected chi connectivity index (χ2v) is 6.96. The van der Waals surface area contributed by atoms with Crippen LogP contribution < -0.4 is 11.1 Å². The normalized spacial score (nSPS) is 30.8. The number of nitrogens with two attached hydrogens (primary N) is 1. The van der Waals surface area contributed by atoms with Gasteiger partial charge in [0.25, 0.3) is 0 Å². The summed E-state index contributed by atoms with van der Waals surface area (Å²) in [5.41, 5.74) is 7.80. The molecule has 1 spiro atoms. The average Bonchev–Trinajstić information content (AvgIpc) is 2.90. The summed E-state index contributed by atoms with van der Waals surface area (Å²) in [4.78, 5) is 4.52. The molecule has 3 unspecified atom stereocenters. The molecule has 0 aromatic heterocycles. The SMILES string of the molecule is I.NC(=NCCc1ccccc1)NC1C2CCOC2C12CCC2. The minimum absolute atomic E-state index is 0. The van der Waals surface area contributed by atoms with Crippen molar-refractivity contribution in [1.29, 1.82) is 0 Å². The highest BCUT2D eigenvalue weighted by Crippen LogP contribution is 2.62. The van der Waals surface area contributed by atoms with Crippen LogP contribution in [0, 0.1) is 11.3 Å². The summed E-state index contributed by atoms with van der Waals surface area (Å²) in [7, 11) is 0. The number of aliphatic imine (C=N–C) groups is 1. The molecular weight excluding hydrogens is 401 g/mol. The Bertz CT molecular complexity index is 559. The molecule has 3 aliphatic rings. The predicted molar refractivity (Wildman–Crippen MR) is 103 cm³/mol. The van der Waals surface area contributed by atoms with Gasteiger partial charge < -0.3 is 15.8 Å². The third kappa shape index (κ3) is 2.97. The number of hydrogen-bond acceptors (Lipinski definition) is 2. The van der Waals surface area contributed by atoms with Crippen molar-refractivity contribution in [3.8, 4) is 0 Å². The van der Waals surface area contributed by atoms with Gasteiger partial charge in [0.05, 0.1) is 6.10 Å². The molecule has 3 atom stereocenters. The first-order chi connectivity index (χ1) is 10.8. The minimum Gasteiger partial charge on any atom is -0.377 e. The summed E-state index contributed by atoms with van der Waals surface area (Å²) >= 11 is 0. The Morgan fingerprint density at radius 2 is 2.09 bits per heavy atom. The molecule has 0 amide bonds. The molecule has 2 aliphatic carbocycles. The van der Waals surface area contributed by atoms with Gasteiger partial charge in [-0.05, 0) is 31.2 Å². The lowest BCUT2D eigenvalue weighted by Crippen LogP contribution is -2.72. The quantitative estimate of drug-likeness (QED) is 0.442. The van der Waals surface area contributed by atoms with E-state index < -0.39 is 0 Å². The van der Waals surface area contributed by atoms with Crippen molar-refractivity contribution >= 4 is 29.9 Å². The largest absolute Gasteiger partial charge is 0.377 e. The first-order valence-corrected chi connectivity index (χ1v) is 8.52. The zero-order chi connectivity index (χ0) is 15.0. The van der Waals surface area contributed by atoms with Gasteiger partial charge in [-0.1, -0.05) is 36.8 Å². The summed E-state index contributed by atoms with van der Waals surface area (Å²) in [5.74, 6) is 1.25. The monoisotopic (exact) mass is 427 g/mol. The Labute approximate surface area is 155 Å². The lowest BCUT2D eigenvalue weighted by molar-refractivity contribution is -0.171. The van der Waals surface area contributed by atoms with Crippen LogP contribution in [0.25, 0.3) is 0 Å². The fourth-order valence-corrected chi connectivity index (χ4v) is 4.61. The molecule has 1 aliphatic heterocycles. The van der Waals surface area contributed by atoms with Crippen LogP contribution in [0.15, 0.2) is 35.3 Å². The second kappa shape index (κ2) is 6.97. The van der Waals surface area contributed by atoms with Gasteiger partial charge in [0, 0.05) is 30.5 Å². The molecular formula is C18H26IN3O. The van der Waals surface area contributed by atoms with Crippen molar-refractivity contribution in [2.45, 2.75) is 44.2 Å². The van der Waals surface area contributed by atoms with Crippen LogP contribution in [0.3, 0.4) is 0 Å². The Morgan fingerprint density at radius 3 is 2.78 bits per heavy atom. The first kappa shape index (κ1) is 17.0. The zero-order valence-corrected chi connectivity index (χ0v) is 15.7. The summed E-state index contributed by atoms with van der Waals surface area (Å²) in [6.07, 6.45) is 6.48. The molecule has 1 aromatic carbocycles. The third-order valence-electron chi connectivity index (χ3n) is 5.86. The standard InChI is InChI=1S/C18H25N3O.HI/c19-17(20-11-7-13-5-2-1-3-6-13)21-15-14-8-12-22-16(14)18(15)9-4-10-18;/h1-3,5-6,14-16H,4,7-12H2,(H3,19,20,21);1H. The van der Waals surface area contributed by atoms with Crippen LogP contribution in [0.1, 0.15) is 31.2 Å². The Kier molecular flexibility index (Phi) is 5.16. The van der Waals surface area contributed by atoms with E-state index in [1.807, 2.05) is 6.07 Å². The molecule has 126 valence electrons. The van der Waals surface area contributed by atoms with Crippen LogP contribution in [-0.2, 0) is 11.2 Å². The fourth-order valence-electron chi connectivity index (χ4n) is 4.61. The molecule has 23 heavy (non-hydrogen) atoms. The zero-order valence-electron chi connectivity index (χ0n) is 13.4. The number of fused-ring (bicyclic) bond motifs is 2. The second-order valence-electron chi connectivity index (χ2n) is 6.96. The number of guanidine groups is 1. The van der Waals surface area contributed by atoms with E-state index >= 15 is 0 Å². The van der Waals surface area contributed by atoms with E-state index in [1.165, 1.54) is 31.2 Å². The van der Waals surface area contributed by atoms with E-state index in [4.69, 9.17) is 10.5 Å². The summed E-state index contributed by atoms with van der Waals surface area (Å²) in [6.45, 7) is 1.66. The van der Waals surface area contributed by atoms with E-state index in [9.17, 15) is 0 Å². The number of benzene rings is 1. The Morgan fingerprint density at radius 1 is 1.30 bits per heavy atom. The first-order valence-electron chi connectivity index (χ1n) is 8.52. The van der Waals surface area contributed by atoms with Gasteiger partial charge in [-0.2, -0.15) is 0 Å². The van der Waals surface area contributed by atoms with Crippen LogP contribution in [0.4, 0.5) is 0 Å². The number of ether oxygens (including phenoxy) is 1. The molecule has 0 bridgehead atoms. The molecule has 2 saturated carbocycles. The van der Waals surface area contributed by atoms with Gasteiger partial charge in [-0.15, -0.1) is 24.0 Å². The van der Waals surface area contributed by atoms with Gasteiger partial charge in [0.15, 0.2) is 5.96 Å². The van der Waals surface area contributed by atoms with Crippen LogP contribution in [0.5, 0.6) is 0 Å². The molecule has 0 radical (unpaired) electrons. The molecule has 4 nitrogen and oxygen atoms in total. The van der Waals surface area contributed by atoms with Crippen molar-refractivity contribution in [1.82, 2.24) is 5.32 Å². The highest BCUT2D eigenvalue weighted by molar-refractivity contribution is 14.0. The summed E-state index contributed by atoms with van der Waals surface area (Å²) in [5, 5.41) is 3.51. The summed E-state index contributed by atoms with van der Waals surface area (Å²) in [6, 6.07) is 10.9. The van der Waals surface area contributed by atoms with Crippen molar-refractivity contribution in [2.75, 3.05) is 13.2 Å². The maximum Gasteiger partial charge on any atom is 0.188 e. The van der Waals surface area contributed by atoms with Crippen LogP contribution in [-0.4, -0.2) is 31.3 Å². The van der Waals surface area contributed by atoms with E-state index in [0.717, 1.165) is 19.6 Å². The Balaban J connectivity index is 0.00000156. The van der Waals surface area contributed by atoms with Crippen molar-refractivity contribution in [3.63, 3.8) is 0 Å². The van der Waals surface area contributed by atoms with Crippen LogP contribution in [0.2, 0.25) is 0 Å². The fraction of sp³-hybridized carbons (Fsp3) is 0.611. The average molecular weight is 427 g/mol. The number of nitrogens with zero attached hydrogens (tertiary/aromatic N) is 1. The summed E-state index contributed by atoms with van der Waals surface area (Å²) < 4.78 is 5.94. The number of rotatable bonds is 4. The topological polar surface area (TPSA) is 59.6 Å². The van der Waals surface area contributed by atoms with Crippen LogP contribution >= 0.6 is 24.0 Å². The highest BCUT2D eigenvalue weighted by atomic mass is 127. The van der Waals surface area contributed by atoms with E-state index in [-0.39, 0.29) is 24.0 Å². The molecule has 3 N–H and O–H groups in total. The smallest absolute Gasteiger partial charge is 0.188 e. The van der Waals surface area contributed by atoms with Crippen molar-refractivity contribution in [3.05, 3.63) is 35.9 Å². The lowest BCUT2D eigenvalue weighted by atomic mass is 9.46. The van der Waals surface area contributed by atoms with Gasteiger partial charge in [-0.3, -0.25) is 4.99 Å². The maximum atomic E-state index is 6.13. The van der Waals surface area contributed by atoms with Crippen molar-refractivity contribution in [2.24, 2.45) is 22.1 Å². The van der Waals surface area contributed by atoms with Gasteiger partial charge >= 0.3 is 0 Å². The predicted octanol–water partition coefficient (Wildman–Crippen LogP) is 2.71. The lowest BCUT2D eigenvalue weighted by Gasteiger charge is -2.63. The molecule has 5 heteroatoms. The number of nitrogens with one attached hydrogen (secondary N) is 1. The van der Waals surface area contributed by atoms with Gasteiger partial charge in [0.1, 0.15) is 0 Å². The van der Waals surface area contributed by atoms with E-state index in [0.29, 0.717) is 29.4 Å². The maximum absolute atomic E-state index is 6.13. The molecule has 1 aromatic rings. The van der Waals surface area contributed by atoms with Gasteiger partial charge in [0.2, 0.25) is 0 Å². The third-order valence-corrected chi connectivity index (χ3v) is 5.86. The number of halogens is 1. The van der Waals surface area contributed by atoms with E-state index in [1.54, 1.807) is 0 Å². The van der Waals surface area contributed by atoms with Gasteiger partial charge in [-0.25, -0.2) is 0 Å². The van der Waals surface area contributed by atoms with E-state index in [2.05, 4.69) is 34.6 Å². The molecule has 1 heterocycles. The molecule has 4 rings (SSSR count). The molecule has 3 fully saturated rings.